The second-order valence-electron chi connectivity index (χ2n) is 4.58. The second-order valence-corrected chi connectivity index (χ2v) is 4.58. The summed E-state index contributed by atoms with van der Waals surface area (Å²) in [6, 6.07) is 11.1. The topological polar surface area (TPSA) is 38.0 Å². The van der Waals surface area contributed by atoms with E-state index in [0.717, 1.165) is 25.9 Å². The van der Waals surface area contributed by atoms with E-state index in [1.807, 2.05) is 0 Å². The summed E-state index contributed by atoms with van der Waals surface area (Å²) in [5.41, 5.74) is 6.87. The SMILES string of the molecule is CC(C)C(NCCCCN)c1ccccc1. The molecule has 2 nitrogen and oxygen atoms in total. The molecule has 90 valence electrons. The van der Waals surface area contributed by atoms with Crippen molar-refractivity contribution in [3.8, 4) is 0 Å². The first kappa shape index (κ1) is 13.2. The van der Waals surface area contributed by atoms with Gasteiger partial charge in [0.15, 0.2) is 0 Å². The number of hydrogen-bond donors (Lipinski definition) is 2. The molecule has 0 aromatic heterocycles. The van der Waals surface area contributed by atoms with Gasteiger partial charge in [-0.25, -0.2) is 0 Å². The Hall–Kier alpha value is -0.860. The van der Waals surface area contributed by atoms with Gasteiger partial charge in [-0.1, -0.05) is 44.2 Å². The van der Waals surface area contributed by atoms with Crippen molar-refractivity contribution in [2.45, 2.75) is 32.7 Å². The van der Waals surface area contributed by atoms with Gasteiger partial charge in [0.1, 0.15) is 0 Å². The van der Waals surface area contributed by atoms with Gasteiger partial charge in [-0.3, -0.25) is 0 Å². The highest BCUT2D eigenvalue weighted by molar-refractivity contribution is 5.19. The molecule has 0 bridgehead atoms. The van der Waals surface area contributed by atoms with Gasteiger partial charge in [-0.2, -0.15) is 0 Å². The third-order valence-corrected chi connectivity index (χ3v) is 2.82. The van der Waals surface area contributed by atoms with Gasteiger partial charge < -0.3 is 11.1 Å². The molecular formula is C14H24N2. The summed E-state index contributed by atoms with van der Waals surface area (Å²) in [4.78, 5) is 0. The van der Waals surface area contributed by atoms with E-state index < -0.39 is 0 Å². The molecule has 1 unspecified atom stereocenters. The molecule has 16 heavy (non-hydrogen) atoms. The minimum absolute atomic E-state index is 0.457. The van der Waals surface area contributed by atoms with Crippen LogP contribution in [0.3, 0.4) is 0 Å². The number of benzene rings is 1. The lowest BCUT2D eigenvalue weighted by molar-refractivity contribution is 0.407. The molecule has 0 heterocycles. The van der Waals surface area contributed by atoms with Crippen LogP contribution in [0, 0.1) is 5.92 Å². The zero-order valence-corrected chi connectivity index (χ0v) is 10.4. The molecule has 0 amide bonds. The van der Waals surface area contributed by atoms with Gasteiger partial charge in [0.25, 0.3) is 0 Å². The number of unbranched alkanes of at least 4 members (excludes halogenated alkanes) is 1. The number of rotatable bonds is 7. The molecule has 0 spiro atoms. The second kappa shape index (κ2) is 7.42. The molecule has 0 radical (unpaired) electrons. The summed E-state index contributed by atoms with van der Waals surface area (Å²) in [5.74, 6) is 0.611. The zero-order chi connectivity index (χ0) is 11.8. The summed E-state index contributed by atoms with van der Waals surface area (Å²) in [5, 5.41) is 3.61. The fourth-order valence-corrected chi connectivity index (χ4v) is 1.93. The Balaban J connectivity index is 2.49. The Bertz CT molecular complexity index is 269. The first-order chi connectivity index (χ1) is 7.75. The quantitative estimate of drug-likeness (QED) is 0.693. The molecule has 0 saturated heterocycles. The summed E-state index contributed by atoms with van der Waals surface area (Å²) >= 11 is 0. The van der Waals surface area contributed by atoms with Crippen molar-refractivity contribution in [3.63, 3.8) is 0 Å². The Morgan fingerprint density at radius 3 is 2.38 bits per heavy atom. The lowest BCUT2D eigenvalue weighted by Crippen LogP contribution is -2.27. The van der Waals surface area contributed by atoms with E-state index in [1.165, 1.54) is 5.56 Å². The molecule has 0 fully saturated rings. The van der Waals surface area contributed by atoms with Gasteiger partial charge in [-0.15, -0.1) is 0 Å². The monoisotopic (exact) mass is 220 g/mol. The normalized spacial score (nSPS) is 13.0. The van der Waals surface area contributed by atoms with Crippen LogP contribution in [0.2, 0.25) is 0 Å². The molecule has 1 aromatic rings. The number of hydrogen-bond acceptors (Lipinski definition) is 2. The summed E-state index contributed by atoms with van der Waals surface area (Å²) in [6.45, 7) is 6.36. The highest BCUT2D eigenvalue weighted by atomic mass is 14.9. The van der Waals surface area contributed by atoms with Gasteiger partial charge in [0, 0.05) is 6.04 Å². The van der Waals surface area contributed by atoms with Gasteiger partial charge in [0.2, 0.25) is 0 Å². The average Bonchev–Trinajstić information content (AvgIpc) is 2.30. The van der Waals surface area contributed by atoms with Crippen molar-refractivity contribution >= 4 is 0 Å². The van der Waals surface area contributed by atoms with Crippen molar-refractivity contribution in [2.75, 3.05) is 13.1 Å². The maximum absolute atomic E-state index is 5.49. The standard InChI is InChI=1S/C14H24N2/c1-12(2)14(16-11-7-6-10-15)13-8-4-3-5-9-13/h3-5,8-9,12,14,16H,6-7,10-11,15H2,1-2H3. The molecular weight excluding hydrogens is 196 g/mol. The Kier molecular flexibility index (Phi) is 6.12. The number of nitrogens with one attached hydrogen (secondary N) is 1. The van der Waals surface area contributed by atoms with Crippen LogP contribution in [-0.2, 0) is 0 Å². The third kappa shape index (κ3) is 4.33. The smallest absolute Gasteiger partial charge is 0.0343 e. The fraction of sp³-hybridized carbons (Fsp3) is 0.571. The molecule has 0 aliphatic heterocycles. The zero-order valence-electron chi connectivity index (χ0n) is 10.4. The summed E-state index contributed by atoms with van der Waals surface area (Å²) < 4.78 is 0. The van der Waals surface area contributed by atoms with E-state index in [2.05, 4.69) is 49.5 Å². The van der Waals surface area contributed by atoms with E-state index in [4.69, 9.17) is 5.73 Å². The fourth-order valence-electron chi connectivity index (χ4n) is 1.93. The maximum Gasteiger partial charge on any atom is 0.0343 e. The molecule has 3 N–H and O–H groups in total. The van der Waals surface area contributed by atoms with Crippen molar-refractivity contribution in [1.82, 2.24) is 5.32 Å². The predicted molar refractivity (Wildman–Crippen MR) is 70.3 cm³/mol. The van der Waals surface area contributed by atoms with Gasteiger partial charge in [0.05, 0.1) is 0 Å². The number of nitrogens with two attached hydrogens (primary N) is 1. The van der Waals surface area contributed by atoms with Crippen molar-refractivity contribution < 1.29 is 0 Å². The summed E-state index contributed by atoms with van der Waals surface area (Å²) in [7, 11) is 0. The molecule has 0 aliphatic carbocycles. The Morgan fingerprint density at radius 2 is 1.81 bits per heavy atom. The van der Waals surface area contributed by atoms with Gasteiger partial charge in [-0.05, 0) is 37.4 Å². The van der Waals surface area contributed by atoms with Crippen LogP contribution in [0.25, 0.3) is 0 Å². The van der Waals surface area contributed by atoms with Crippen LogP contribution in [-0.4, -0.2) is 13.1 Å². The van der Waals surface area contributed by atoms with E-state index in [-0.39, 0.29) is 0 Å². The lowest BCUT2D eigenvalue weighted by atomic mass is 9.96. The predicted octanol–water partition coefficient (Wildman–Crippen LogP) is 2.71. The van der Waals surface area contributed by atoms with Gasteiger partial charge >= 0.3 is 0 Å². The van der Waals surface area contributed by atoms with Crippen molar-refractivity contribution in [2.24, 2.45) is 11.7 Å². The largest absolute Gasteiger partial charge is 0.330 e. The first-order valence-electron chi connectivity index (χ1n) is 6.24. The van der Waals surface area contributed by atoms with Crippen LogP contribution >= 0.6 is 0 Å². The van der Waals surface area contributed by atoms with Crippen LogP contribution in [0.15, 0.2) is 30.3 Å². The van der Waals surface area contributed by atoms with Crippen molar-refractivity contribution in [3.05, 3.63) is 35.9 Å². The molecule has 2 heteroatoms. The van der Waals surface area contributed by atoms with Crippen LogP contribution in [0.4, 0.5) is 0 Å². The third-order valence-electron chi connectivity index (χ3n) is 2.82. The van der Waals surface area contributed by atoms with Crippen molar-refractivity contribution in [1.29, 1.82) is 0 Å². The van der Waals surface area contributed by atoms with Crippen LogP contribution < -0.4 is 11.1 Å². The average molecular weight is 220 g/mol. The van der Waals surface area contributed by atoms with E-state index in [0.29, 0.717) is 12.0 Å². The maximum atomic E-state index is 5.49. The Labute approximate surface area is 99.2 Å². The summed E-state index contributed by atoms with van der Waals surface area (Å²) in [6.07, 6.45) is 2.26. The molecule has 0 aliphatic rings. The van der Waals surface area contributed by atoms with Crippen LogP contribution in [0.1, 0.15) is 38.3 Å². The molecule has 1 aromatic carbocycles. The Morgan fingerprint density at radius 1 is 1.12 bits per heavy atom. The van der Waals surface area contributed by atoms with E-state index in [9.17, 15) is 0 Å². The minimum atomic E-state index is 0.457. The minimum Gasteiger partial charge on any atom is -0.330 e. The highest BCUT2D eigenvalue weighted by Gasteiger charge is 2.13. The first-order valence-corrected chi connectivity index (χ1v) is 6.24. The lowest BCUT2D eigenvalue weighted by Gasteiger charge is -2.23. The molecule has 1 atom stereocenters. The van der Waals surface area contributed by atoms with E-state index >= 15 is 0 Å². The molecule has 0 saturated carbocycles. The highest BCUT2D eigenvalue weighted by Crippen LogP contribution is 2.20. The van der Waals surface area contributed by atoms with E-state index in [1.54, 1.807) is 0 Å². The molecule has 1 rings (SSSR count). The van der Waals surface area contributed by atoms with Crippen LogP contribution in [0.5, 0.6) is 0 Å².